The van der Waals surface area contributed by atoms with Crippen molar-refractivity contribution < 1.29 is 4.74 Å². The molecule has 0 bridgehead atoms. The Hall–Kier alpha value is -1.03. The van der Waals surface area contributed by atoms with Gasteiger partial charge in [-0.3, -0.25) is 0 Å². The zero-order valence-electron chi connectivity index (χ0n) is 9.56. The molecule has 0 spiro atoms. The molecule has 4 heteroatoms. The molecule has 1 aromatic rings. The fraction of sp³-hybridized carbons (Fsp3) is 0.750. The third-order valence-electron chi connectivity index (χ3n) is 3.50. The number of nitrogens with zero attached hydrogens (tertiary/aromatic N) is 2. The van der Waals surface area contributed by atoms with E-state index in [4.69, 9.17) is 4.74 Å². The highest BCUT2D eigenvalue weighted by molar-refractivity contribution is 5.27. The first-order chi connectivity index (χ1) is 7.93. The summed E-state index contributed by atoms with van der Waals surface area (Å²) < 4.78 is 7.64. The second-order valence-corrected chi connectivity index (χ2v) is 4.83. The Morgan fingerprint density at radius 3 is 2.88 bits per heavy atom. The molecule has 4 nitrogen and oxygen atoms in total. The Morgan fingerprint density at radius 1 is 1.31 bits per heavy atom. The SMILES string of the molecule is c1cn(C2CC2)c(NCC2CCOCC2)n1. The van der Waals surface area contributed by atoms with Crippen LogP contribution in [0.5, 0.6) is 0 Å². The Balaban J connectivity index is 1.54. The van der Waals surface area contributed by atoms with Gasteiger partial charge in [-0.1, -0.05) is 0 Å². The molecule has 16 heavy (non-hydrogen) atoms. The van der Waals surface area contributed by atoms with Crippen molar-refractivity contribution in [1.82, 2.24) is 9.55 Å². The number of aromatic nitrogens is 2. The van der Waals surface area contributed by atoms with Crippen molar-refractivity contribution in [2.75, 3.05) is 25.1 Å². The van der Waals surface area contributed by atoms with Gasteiger partial charge in [0.25, 0.3) is 0 Å². The topological polar surface area (TPSA) is 39.1 Å². The summed E-state index contributed by atoms with van der Waals surface area (Å²) in [6.45, 7) is 2.87. The molecule has 1 saturated heterocycles. The summed E-state index contributed by atoms with van der Waals surface area (Å²) in [6.07, 6.45) is 8.95. The lowest BCUT2D eigenvalue weighted by atomic mass is 10.0. The van der Waals surface area contributed by atoms with Crippen molar-refractivity contribution in [3.8, 4) is 0 Å². The van der Waals surface area contributed by atoms with Crippen molar-refractivity contribution in [2.24, 2.45) is 5.92 Å². The summed E-state index contributed by atoms with van der Waals surface area (Å²) in [4.78, 5) is 4.38. The van der Waals surface area contributed by atoms with Crippen LogP contribution < -0.4 is 5.32 Å². The average Bonchev–Trinajstić information content (AvgIpc) is 3.07. The van der Waals surface area contributed by atoms with Crippen LogP contribution in [0.2, 0.25) is 0 Å². The first-order valence-corrected chi connectivity index (χ1v) is 6.28. The highest BCUT2D eigenvalue weighted by atomic mass is 16.5. The van der Waals surface area contributed by atoms with Gasteiger partial charge >= 0.3 is 0 Å². The van der Waals surface area contributed by atoms with Gasteiger partial charge in [0.2, 0.25) is 5.95 Å². The summed E-state index contributed by atoms with van der Waals surface area (Å²) in [6, 6.07) is 0.708. The van der Waals surface area contributed by atoms with Gasteiger partial charge in [-0.05, 0) is 31.6 Å². The molecular formula is C12H19N3O. The number of ether oxygens (including phenoxy) is 1. The minimum atomic E-state index is 0.708. The zero-order chi connectivity index (χ0) is 10.8. The van der Waals surface area contributed by atoms with Crippen molar-refractivity contribution in [3.05, 3.63) is 12.4 Å². The van der Waals surface area contributed by atoms with Gasteiger partial charge in [0.15, 0.2) is 0 Å². The molecule has 2 aliphatic rings. The van der Waals surface area contributed by atoms with Crippen molar-refractivity contribution in [3.63, 3.8) is 0 Å². The van der Waals surface area contributed by atoms with Crippen molar-refractivity contribution >= 4 is 5.95 Å². The number of hydrogen-bond donors (Lipinski definition) is 1. The van der Waals surface area contributed by atoms with Crippen LogP contribution in [-0.4, -0.2) is 29.3 Å². The monoisotopic (exact) mass is 221 g/mol. The van der Waals surface area contributed by atoms with Crippen LogP contribution in [0.4, 0.5) is 5.95 Å². The average molecular weight is 221 g/mol. The molecule has 1 aliphatic carbocycles. The van der Waals surface area contributed by atoms with E-state index in [1.54, 1.807) is 0 Å². The van der Waals surface area contributed by atoms with E-state index >= 15 is 0 Å². The molecule has 0 amide bonds. The molecular weight excluding hydrogens is 202 g/mol. The maximum atomic E-state index is 5.36. The van der Waals surface area contributed by atoms with E-state index < -0.39 is 0 Å². The molecule has 2 heterocycles. The van der Waals surface area contributed by atoms with Gasteiger partial charge in [-0.2, -0.15) is 0 Å². The second-order valence-electron chi connectivity index (χ2n) is 4.83. The van der Waals surface area contributed by atoms with Crippen molar-refractivity contribution in [1.29, 1.82) is 0 Å². The van der Waals surface area contributed by atoms with Gasteiger partial charge in [0, 0.05) is 38.2 Å². The highest BCUT2D eigenvalue weighted by Crippen LogP contribution is 2.36. The molecule has 1 aromatic heterocycles. The molecule has 88 valence electrons. The van der Waals surface area contributed by atoms with Gasteiger partial charge in [0.05, 0.1) is 0 Å². The second kappa shape index (κ2) is 4.45. The molecule has 0 unspecified atom stereocenters. The lowest BCUT2D eigenvalue weighted by molar-refractivity contribution is 0.0699. The van der Waals surface area contributed by atoms with Crippen molar-refractivity contribution in [2.45, 2.75) is 31.7 Å². The minimum absolute atomic E-state index is 0.708. The van der Waals surface area contributed by atoms with Gasteiger partial charge in [-0.25, -0.2) is 4.98 Å². The number of anilines is 1. The number of rotatable bonds is 4. The first-order valence-electron chi connectivity index (χ1n) is 6.28. The highest BCUT2D eigenvalue weighted by Gasteiger charge is 2.25. The maximum Gasteiger partial charge on any atom is 0.203 e. The normalized spacial score (nSPS) is 22.2. The summed E-state index contributed by atoms with van der Waals surface area (Å²) in [7, 11) is 0. The minimum Gasteiger partial charge on any atom is -0.381 e. The fourth-order valence-electron chi connectivity index (χ4n) is 2.28. The summed E-state index contributed by atoms with van der Waals surface area (Å²) >= 11 is 0. The van der Waals surface area contributed by atoms with Gasteiger partial charge in [0.1, 0.15) is 0 Å². The zero-order valence-corrected chi connectivity index (χ0v) is 9.56. The molecule has 0 radical (unpaired) electrons. The molecule has 1 aliphatic heterocycles. The first kappa shape index (κ1) is 10.1. The fourth-order valence-corrected chi connectivity index (χ4v) is 2.28. The smallest absolute Gasteiger partial charge is 0.203 e. The van der Waals surface area contributed by atoms with E-state index in [1.165, 1.54) is 25.7 Å². The van der Waals surface area contributed by atoms with Gasteiger partial charge in [-0.15, -0.1) is 0 Å². The van der Waals surface area contributed by atoms with Crippen LogP contribution in [0.15, 0.2) is 12.4 Å². The van der Waals surface area contributed by atoms with Crippen LogP contribution in [-0.2, 0) is 4.74 Å². The summed E-state index contributed by atoms with van der Waals surface area (Å²) in [5.74, 6) is 1.80. The largest absolute Gasteiger partial charge is 0.381 e. The Bertz CT molecular complexity index is 340. The number of hydrogen-bond acceptors (Lipinski definition) is 3. The van der Waals surface area contributed by atoms with Gasteiger partial charge < -0.3 is 14.6 Å². The van der Waals surface area contributed by atoms with E-state index in [-0.39, 0.29) is 0 Å². The predicted molar refractivity (Wildman–Crippen MR) is 62.5 cm³/mol. The Morgan fingerprint density at radius 2 is 2.12 bits per heavy atom. The quantitative estimate of drug-likeness (QED) is 0.845. The van der Waals surface area contributed by atoms with Crippen LogP contribution in [0.3, 0.4) is 0 Å². The van der Waals surface area contributed by atoms with Crippen LogP contribution >= 0.6 is 0 Å². The molecule has 2 fully saturated rings. The Kier molecular flexibility index (Phi) is 2.82. The summed E-state index contributed by atoms with van der Waals surface area (Å²) in [5, 5.41) is 3.48. The standard InChI is InChI=1S/C12H19N3O/c1-2-11(1)15-6-5-13-12(15)14-9-10-3-7-16-8-4-10/h5-6,10-11H,1-4,7-9H2,(H,13,14). The molecule has 3 rings (SSSR count). The predicted octanol–water partition coefficient (Wildman–Crippen LogP) is 2.06. The third-order valence-corrected chi connectivity index (χ3v) is 3.50. The summed E-state index contributed by atoms with van der Waals surface area (Å²) in [5.41, 5.74) is 0. The van der Waals surface area contributed by atoms with E-state index in [0.29, 0.717) is 6.04 Å². The van der Waals surface area contributed by atoms with E-state index in [9.17, 15) is 0 Å². The van der Waals surface area contributed by atoms with E-state index in [2.05, 4.69) is 21.1 Å². The molecule has 0 aromatic carbocycles. The molecule has 1 saturated carbocycles. The lowest BCUT2D eigenvalue weighted by Crippen LogP contribution is -2.23. The van der Waals surface area contributed by atoms with Crippen LogP contribution in [0, 0.1) is 5.92 Å². The van der Waals surface area contributed by atoms with E-state index in [1.807, 2.05) is 6.20 Å². The van der Waals surface area contributed by atoms with Crippen LogP contribution in [0.25, 0.3) is 0 Å². The van der Waals surface area contributed by atoms with E-state index in [0.717, 1.165) is 31.6 Å². The van der Waals surface area contributed by atoms with Crippen LogP contribution in [0.1, 0.15) is 31.7 Å². The molecule has 0 atom stereocenters. The lowest BCUT2D eigenvalue weighted by Gasteiger charge is -2.22. The molecule has 1 N–H and O–H groups in total. The number of imidazole rings is 1. The third kappa shape index (κ3) is 2.21. The maximum absolute atomic E-state index is 5.36. The Labute approximate surface area is 96.0 Å². The number of nitrogens with one attached hydrogen (secondary N) is 1.